The van der Waals surface area contributed by atoms with Gasteiger partial charge in [0, 0.05) is 44.3 Å². The van der Waals surface area contributed by atoms with Crippen molar-refractivity contribution in [3.05, 3.63) is 40.8 Å². The molecule has 1 rings (SSSR count). The molecule has 0 fully saturated rings. The van der Waals surface area contributed by atoms with Gasteiger partial charge in [-0.3, -0.25) is 26.6 Å². The van der Waals surface area contributed by atoms with Gasteiger partial charge in [-0.2, -0.15) is 0 Å². The van der Waals surface area contributed by atoms with Crippen LogP contribution >= 0.6 is 7.36 Å². The Balaban J connectivity index is 0.00000361. The number of hydrogen-bond donors (Lipinski definition) is 1. The standard InChI is InChI=1S/C10H8N2O5PS.Y/c1-6(13)17-9-3-2-7(4-8(9)12(15)16)10(14)11-5-18-19;/h2-4H,1,5H2,(H,11,14);/q-1;. The van der Waals surface area contributed by atoms with Gasteiger partial charge in [0.2, 0.25) is 5.75 Å². The molecule has 0 aliphatic rings. The van der Waals surface area contributed by atoms with E-state index >= 15 is 0 Å². The summed E-state index contributed by atoms with van der Waals surface area (Å²) < 4.78 is 4.58. The number of nitro benzene ring substituents is 1. The maximum absolute atomic E-state index is 11.6. The van der Waals surface area contributed by atoms with Crippen molar-refractivity contribution in [1.82, 2.24) is 5.32 Å². The van der Waals surface area contributed by atoms with Crippen LogP contribution in [-0.4, -0.2) is 23.1 Å². The Kier molecular flexibility index (Phi) is 8.65. The third kappa shape index (κ3) is 5.58. The maximum Gasteiger partial charge on any atom is 0.312 e. The average molecular weight is 388 g/mol. The average Bonchev–Trinajstić information content (AvgIpc) is 2.35. The smallest absolute Gasteiger partial charge is 0.312 e. The first-order valence-electron chi connectivity index (χ1n) is 4.85. The summed E-state index contributed by atoms with van der Waals surface area (Å²) in [6.45, 7) is 2.96. The fraction of sp³-hybridized carbons (Fsp3) is 0.100. The fourth-order valence-electron chi connectivity index (χ4n) is 1.22. The molecule has 0 spiro atoms. The molecule has 0 heterocycles. The number of nitro groups is 1. The van der Waals surface area contributed by atoms with Crippen molar-refractivity contribution in [2.45, 2.75) is 0 Å². The van der Waals surface area contributed by atoms with Crippen molar-refractivity contribution in [3.8, 4) is 5.75 Å². The van der Waals surface area contributed by atoms with Gasteiger partial charge in [0.1, 0.15) is 0 Å². The number of nitrogens with one attached hydrogen (secondary N) is 1. The van der Waals surface area contributed by atoms with Crippen LogP contribution in [0.4, 0.5) is 5.69 Å². The first kappa shape index (κ1) is 19.1. The minimum absolute atomic E-state index is 0. The van der Waals surface area contributed by atoms with Crippen molar-refractivity contribution in [3.63, 3.8) is 0 Å². The number of nitrogens with zero attached hydrogens (tertiary/aromatic N) is 1. The van der Waals surface area contributed by atoms with Gasteiger partial charge in [-0.1, -0.05) is 11.8 Å². The molecule has 1 amide bonds. The SMILES string of the molecule is [CH2-]C(=O)Oc1ccc(C(=O)NCP=S)cc1[N+](=O)[O-].[Y]. The molecule has 1 N–H and O–H groups in total. The fourth-order valence-corrected chi connectivity index (χ4v) is 1.62. The van der Waals surface area contributed by atoms with Gasteiger partial charge in [0.05, 0.1) is 11.2 Å². The zero-order valence-corrected chi connectivity index (χ0v) is 14.6. The van der Waals surface area contributed by atoms with Crippen LogP contribution in [-0.2, 0) is 49.3 Å². The molecule has 0 unspecified atom stereocenters. The number of carbonyl (C=O) groups is 2. The molecule has 10 heteroatoms. The number of esters is 1. The summed E-state index contributed by atoms with van der Waals surface area (Å²) in [6, 6.07) is 3.50. The topological polar surface area (TPSA) is 98.5 Å². The Hall–Kier alpha value is -0.946. The first-order valence-corrected chi connectivity index (χ1v) is 6.94. The van der Waals surface area contributed by atoms with E-state index in [0.717, 1.165) is 6.07 Å². The number of benzene rings is 1. The van der Waals surface area contributed by atoms with Crippen molar-refractivity contribution in [1.29, 1.82) is 0 Å². The summed E-state index contributed by atoms with van der Waals surface area (Å²) in [7, 11) is 0.554. The molecule has 0 atom stereocenters. The summed E-state index contributed by atoms with van der Waals surface area (Å²) in [6.07, 6.45) is 0.261. The van der Waals surface area contributed by atoms with E-state index < -0.39 is 22.5 Å². The molecule has 1 radical (unpaired) electrons. The summed E-state index contributed by atoms with van der Waals surface area (Å²) in [5.74, 6) is -1.68. The summed E-state index contributed by atoms with van der Waals surface area (Å²) in [5.41, 5.74) is -0.408. The van der Waals surface area contributed by atoms with Crippen LogP contribution in [0.15, 0.2) is 18.2 Å². The van der Waals surface area contributed by atoms with Crippen molar-refractivity contribution in [2.24, 2.45) is 0 Å². The molecule has 1 aromatic rings. The van der Waals surface area contributed by atoms with E-state index in [1.807, 2.05) is 0 Å². The van der Waals surface area contributed by atoms with Gasteiger partial charge < -0.3 is 10.1 Å². The second kappa shape index (κ2) is 9.08. The Morgan fingerprint density at radius 2 is 2.15 bits per heavy atom. The molecular formula is C10H8N2O5PSY-. The zero-order valence-electron chi connectivity index (χ0n) is 10.1. The van der Waals surface area contributed by atoms with E-state index in [-0.39, 0.29) is 50.3 Å². The van der Waals surface area contributed by atoms with E-state index in [2.05, 4.69) is 28.8 Å². The van der Waals surface area contributed by atoms with Crippen LogP contribution in [0.5, 0.6) is 5.75 Å². The Morgan fingerprint density at radius 3 is 2.65 bits per heavy atom. The monoisotopic (exact) mass is 388 g/mol. The van der Waals surface area contributed by atoms with Crippen LogP contribution in [0.3, 0.4) is 0 Å². The van der Waals surface area contributed by atoms with Crippen LogP contribution in [0.25, 0.3) is 0 Å². The maximum atomic E-state index is 11.6. The van der Waals surface area contributed by atoms with Crippen LogP contribution in [0.2, 0.25) is 0 Å². The Morgan fingerprint density at radius 1 is 1.50 bits per heavy atom. The number of ether oxygens (including phenoxy) is 1. The molecule has 0 aliphatic carbocycles. The molecule has 0 aromatic heterocycles. The van der Waals surface area contributed by atoms with E-state index in [0.29, 0.717) is 7.36 Å². The predicted molar refractivity (Wildman–Crippen MR) is 70.7 cm³/mol. The Bertz CT molecular complexity index is 554. The molecule has 1 aromatic carbocycles. The van der Waals surface area contributed by atoms with Gasteiger partial charge in [-0.15, -0.1) is 0 Å². The molecular weight excluding hydrogens is 380 g/mol. The van der Waals surface area contributed by atoms with Crippen LogP contribution in [0, 0.1) is 17.0 Å². The number of carbonyl (C=O) groups excluding carboxylic acids is 2. The van der Waals surface area contributed by atoms with Crippen LogP contribution < -0.4 is 10.1 Å². The molecule has 0 bridgehead atoms. The largest absolute Gasteiger partial charge is 0.445 e. The molecule has 0 aliphatic heterocycles. The number of amides is 1. The normalized spacial score (nSPS) is 9.40. The molecule has 0 saturated heterocycles. The van der Waals surface area contributed by atoms with Crippen molar-refractivity contribution < 1.29 is 52.0 Å². The summed E-state index contributed by atoms with van der Waals surface area (Å²) in [4.78, 5) is 32.4. The molecule has 7 nitrogen and oxygen atoms in total. The predicted octanol–water partition coefficient (Wildman–Crippen LogP) is 1.43. The van der Waals surface area contributed by atoms with Crippen molar-refractivity contribution in [2.75, 3.05) is 6.29 Å². The van der Waals surface area contributed by atoms with E-state index in [9.17, 15) is 19.7 Å². The van der Waals surface area contributed by atoms with Crippen molar-refractivity contribution >= 4 is 36.7 Å². The first-order chi connectivity index (χ1) is 8.95. The van der Waals surface area contributed by atoms with E-state index in [1.54, 1.807) is 0 Å². The van der Waals surface area contributed by atoms with E-state index in [1.165, 1.54) is 12.1 Å². The van der Waals surface area contributed by atoms with E-state index in [4.69, 9.17) is 0 Å². The Labute approximate surface area is 146 Å². The summed E-state index contributed by atoms with van der Waals surface area (Å²) >= 11 is 4.64. The molecule has 0 saturated carbocycles. The second-order valence-electron chi connectivity index (χ2n) is 3.21. The molecule has 20 heavy (non-hydrogen) atoms. The van der Waals surface area contributed by atoms with Gasteiger partial charge in [0.25, 0.3) is 5.91 Å². The van der Waals surface area contributed by atoms with Crippen LogP contribution in [0.1, 0.15) is 10.4 Å². The van der Waals surface area contributed by atoms with Gasteiger partial charge in [-0.25, -0.2) is 0 Å². The molecule has 103 valence electrons. The quantitative estimate of drug-likeness (QED) is 0.205. The number of hydrogen-bond acceptors (Lipinski definition) is 6. The third-order valence-electron chi connectivity index (χ3n) is 1.95. The third-order valence-corrected chi connectivity index (χ3v) is 2.62. The van der Waals surface area contributed by atoms with Gasteiger partial charge in [0.15, 0.2) is 5.97 Å². The van der Waals surface area contributed by atoms with Gasteiger partial charge >= 0.3 is 5.69 Å². The zero-order chi connectivity index (χ0) is 14.4. The summed E-state index contributed by atoms with van der Waals surface area (Å²) in [5, 5.41) is 13.3. The number of rotatable bonds is 5. The van der Waals surface area contributed by atoms with Gasteiger partial charge in [-0.05, 0) is 19.5 Å². The second-order valence-corrected chi connectivity index (χ2v) is 4.56. The minimum atomic E-state index is -0.926. The minimum Gasteiger partial charge on any atom is -0.445 e.